The Morgan fingerprint density at radius 1 is 1.40 bits per heavy atom. The van der Waals surface area contributed by atoms with Crippen LogP contribution in [0.2, 0.25) is 5.02 Å². The Morgan fingerprint density at radius 2 is 2.15 bits per heavy atom. The zero-order valence-corrected chi connectivity index (χ0v) is 14.3. The van der Waals surface area contributed by atoms with Crippen LogP contribution in [0.3, 0.4) is 0 Å². The zero-order valence-electron chi connectivity index (χ0n) is 12.0. The zero-order chi connectivity index (χ0) is 14.7. The lowest BCUT2D eigenvalue weighted by Crippen LogP contribution is -2.25. The summed E-state index contributed by atoms with van der Waals surface area (Å²) in [5.74, 6) is 0. The third kappa shape index (κ3) is 3.08. The highest BCUT2D eigenvalue weighted by Gasteiger charge is 2.22. The Balaban J connectivity index is 2.56. The lowest BCUT2D eigenvalue weighted by molar-refractivity contribution is 0.541. The van der Waals surface area contributed by atoms with Gasteiger partial charge in [-0.2, -0.15) is 5.10 Å². The molecule has 0 aliphatic carbocycles. The molecule has 1 unspecified atom stereocenters. The molecule has 2 aromatic rings. The van der Waals surface area contributed by atoms with Gasteiger partial charge in [-0.25, -0.2) is 0 Å². The minimum Gasteiger partial charge on any atom is -0.305 e. The third-order valence-electron chi connectivity index (χ3n) is 3.37. The number of hydrogen-bond acceptors (Lipinski definition) is 2. The Kier molecular flexibility index (Phi) is 5.24. The number of nitrogens with one attached hydrogen (secondary N) is 1. The summed E-state index contributed by atoms with van der Waals surface area (Å²) < 4.78 is 3.02. The summed E-state index contributed by atoms with van der Waals surface area (Å²) in [4.78, 5) is 0. The average molecular weight is 357 g/mol. The van der Waals surface area contributed by atoms with Crippen molar-refractivity contribution in [1.29, 1.82) is 0 Å². The highest BCUT2D eigenvalue weighted by Crippen LogP contribution is 2.31. The first kappa shape index (κ1) is 15.5. The second-order valence-corrected chi connectivity index (χ2v) is 6.01. The van der Waals surface area contributed by atoms with Gasteiger partial charge in [-0.3, -0.25) is 4.68 Å². The first-order valence-corrected chi connectivity index (χ1v) is 7.96. The van der Waals surface area contributed by atoms with Crippen LogP contribution >= 0.6 is 27.5 Å². The normalized spacial score (nSPS) is 12.7. The van der Waals surface area contributed by atoms with E-state index in [1.807, 2.05) is 4.68 Å². The van der Waals surface area contributed by atoms with Crippen molar-refractivity contribution in [1.82, 2.24) is 15.1 Å². The quantitative estimate of drug-likeness (QED) is 0.864. The highest BCUT2D eigenvalue weighted by molar-refractivity contribution is 9.10. The third-order valence-corrected chi connectivity index (χ3v) is 4.15. The molecular weight excluding hydrogens is 338 g/mol. The molecule has 0 aliphatic rings. The van der Waals surface area contributed by atoms with Crippen LogP contribution in [0.15, 0.2) is 28.9 Å². The van der Waals surface area contributed by atoms with Crippen molar-refractivity contribution in [2.24, 2.45) is 0 Å². The number of nitrogens with zero attached hydrogens (tertiary/aromatic N) is 2. The first-order valence-electron chi connectivity index (χ1n) is 6.79. The molecule has 1 N–H and O–H groups in total. The van der Waals surface area contributed by atoms with Gasteiger partial charge in [0.05, 0.1) is 23.0 Å². The van der Waals surface area contributed by atoms with Crippen LogP contribution in [-0.4, -0.2) is 16.3 Å². The lowest BCUT2D eigenvalue weighted by atomic mass is 9.98. The van der Waals surface area contributed by atoms with Crippen LogP contribution in [-0.2, 0) is 6.54 Å². The maximum absolute atomic E-state index is 6.36. The monoisotopic (exact) mass is 355 g/mol. The Hall–Kier alpha value is -0.840. The van der Waals surface area contributed by atoms with Crippen molar-refractivity contribution in [3.63, 3.8) is 0 Å². The molecule has 0 aliphatic heterocycles. The molecule has 1 atom stereocenters. The largest absolute Gasteiger partial charge is 0.305 e. The number of benzene rings is 1. The van der Waals surface area contributed by atoms with Gasteiger partial charge in [-0.15, -0.1) is 0 Å². The maximum Gasteiger partial charge on any atom is 0.0837 e. The van der Waals surface area contributed by atoms with E-state index in [1.54, 1.807) is 6.20 Å². The van der Waals surface area contributed by atoms with Crippen molar-refractivity contribution in [2.75, 3.05) is 6.54 Å². The van der Waals surface area contributed by atoms with Crippen LogP contribution in [0.5, 0.6) is 0 Å². The maximum atomic E-state index is 6.36. The van der Waals surface area contributed by atoms with Gasteiger partial charge in [-0.05, 0) is 43.7 Å². The molecule has 0 radical (unpaired) electrons. The topological polar surface area (TPSA) is 29.9 Å². The summed E-state index contributed by atoms with van der Waals surface area (Å²) in [5.41, 5.74) is 3.48. The van der Waals surface area contributed by atoms with Gasteiger partial charge >= 0.3 is 0 Å². The molecule has 0 spiro atoms. The second-order valence-electron chi connectivity index (χ2n) is 4.69. The van der Waals surface area contributed by atoms with Crippen molar-refractivity contribution >= 4 is 27.5 Å². The number of aryl methyl sites for hydroxylation is 2. The van der Waals surface area contributed by atoms with E-state index < -0.39 is 0 Å². The van der Waals surface area contributed by atoms with Gasteiger partial charge in [0, 0.05) is 11.0 Å². The van der Waals surface area contributed by atoms with Crippen molar-refractivity contribution in [3.05, 3.63) is 50.7 Å². The van der Waals surface area contributed by atoms with E-state index in [2.05, 4.69) is 65.3 Å². The van der Waals surface area contributed by atoms with Crippen molar-refractivity contribution in [2.45, 2.75) is 33.4 Å². The summed E-state index contributed by atoms with van der Waals surface area (Å²) in [5, 5.41) is 8.57. The summed E-state index contributed by atoms with van der Waals surface area (Å²) in [6.45, 7) is 7.95. The summed E-state index contributed by atoms with van der Waals surface area (Å²) in [6, 6.07) is 6.36. The molecule has 1 aromatic carbocycles. The standard InChI is InChI=1S/C15H19BrClN3/c1-4-18-14(12-8-11(16)7-6-10(12)3)15-13(17)9-19-20(15)5-2/h6-9,14,18H,4-5H2,1-3H3. The molecule has 3 nitrogen and oxygen atoms in total. The highest BCUT2D eigenvalue weighted by atomic mass is 79.9. The predicted octanol–water partition coefficient (Wildman–Crippen LogP) is 4.33. The minimum absolute atomic E-state index is 0.0486. The molecule has 1 heterocycles. The molecular formula is C15H19BrClN3. The van der Waals surface area contributed by atoms with E-state index in [9.17, 15) is 0 Å². The van der Waals surface area contributed by atoms with Gasteiger partial charge in [-0.1, -0.05) is 40.5 Å². The summed E-state index contributed by atoms with van der Waals surface area (Å²) in [7, 11) is 0. The van der Waals surface area contributed by atoms with Crippen molar-refractivity contribution in [3.8, 4) is 0 Å². The van der Waals surface area contributed by atoms with E-state index in [-0.39, 0.29) is 6.04 Å². The predicted molar refractivity (Wildman–Crippen MR) is 87.3 cm³/mol. The van der Waals surface area contributed by atoms with Crippen LogP contribution in [0.1, 0.15) is 36.7 Å². The molecule has 20 heavy (non-hydrogen) atoms. The van der Waals surface area contributed by atoms with Gasteiger partial charge in [0.15, 0.2) is 0 Å². The minimum atomic E-state index is 0.0486. The average Bonchev–Trinajstić information content (AvgIpc) is 2.80. The number of rotatable bonds is 5. The van der Waals surface area contributed by atoms with Gasteiger partial charge in [0.1, 0.15) is 0 Å². The van der Waals surface area contributed by atoms with E-state index in [4.69, 9.17) is 11.6 Å². The van der Waals surface area contributed by atoms with Gasteiger partial charge < -0.3 is 5.32 Å². The van der Waals surface area contributed by atoms with Crippen LogP contribution in [0, 0.1) is 6.92 Å². The number of aromatic nitrogens is 2. The Labute approximate surface area is 133 Å². The molecule has 0 bridgehead atoms. The fourth-order valence-electron chi connectivity index (χ4n) is 2.39. The molecule has 1 aromatic heterocycles. The van der Waals surface area contributed by atoms with Crippen LogP contribution < -0.4 is 5.32 Å². The molecule has 0 fully saturated rings. The Morgan fingerprint density at radius 3 is 2.80 bits per heavy atom. The SMILES string of the molecule is CCNC(c1cc(Br)ccc1C)c1c(Cl)cnn1CC. The summed E-state index contributed by atoms with van der Waals surface area (Å²) >= 11 is 9.91. The molecule has 5 heteroatoms. The van der Waals surface area contributed by atoms with Gasteiger partial charge in [0.25, 0.3) is 0 Å². The Bertz CT molecular complexity index is 595. The van der Waals surface area contributed by atoms with E-state index in [0.29, 0.717) is 5.02 Å². The fourth-order valence-corrected chi connectivity index (χ4v) is 3.02. The molecule has 0 saturated heterocycles. The fraction of sp³-hybridized carbons (Fsp3) is 0.400. The van der Waals surface area contributed by atoms with E-state index in [0.717, 1.165) is 23.3 Å². The van der Waals surface area contributed by atoms with Crippen molar-refractivity contribution < 1.29 is 0 Å². The number of hydrogen-bond donors (Lipinski definition) is 1. The molecule has 0 saturated carbocycles. The molecule has 108 valence electrons. The van der Waals surface area contributed by atoms with Crippen LogP contribution in [0.4, 0.5) is 0 Å². The lowest BCUT2D eigenvalue weighted by Gasteiger charge is -2.22. The molecule has 2 rings (SSSR count). The number of halogens is 2. The van der Waals surface area contributed by atoms with E-state index >= 15 is 0 Å². The smallest absolute Gasteiger partial charge is 0.0837 e. The molecule has 0 amide bonds. The second kappa shape index (κ2) is 6.74. The van der Waals surface area contributed by atoms with E-state index in [1.165, 1.54) is 11.1 Å². The van der Waals surface area contributed by atoms with Crippen LogP contribution in [0.25, 0.3) is 0 Å². The van der Waals surface area contributed by atoms with Gasteiger partial charge in [0.2, 0.25) is 0 Å². The first-order chi connectivity index (χ1) is 9.58. The summed E-state index contributed by atoms with van der Waals surface area (Å²) in [6.07, 6.45) is 1.72.